The molecule has 1 rings (SSSR count). The number of allylic oxidation sites excluding steroid dienone is 10. The molecule has 0 nitrogen and oxygen atoms in total. The lowest BCUT2D eigenvalue weighted by atomic mass is 10.2. The maximum atomic E-state index is 2.24. The van der Waals surface area contributed by atoms with Crippen molar-refractivity contribution in [3.05, 3.63) is 67.2 Å². The van der Waals surface area contributed by atoms with E-state index in [1.807, 2.05) is 24.3 Å². The molecule has 1 radical (unpaired) electrons. The lowest BCUT2D eigenvalue weighted by Gasteiger charge is -1.88. The molecule has 0 spiro atoms. The summed E-state index contributed by atoms with van der Waals surface area (Å²) in [6, 6.07) is 0. The van der Waals surface area contributed by atoms with E-state index in [0.29, 0.717) is 0 Å². The third-order valence-corrected chi connectivity index (χ3v) is 1.88. The van der Waals surface area contributed by atoms with E-state index in [4.69, 9.17) is 0 Å². The number of hydrogen-bond donors (Lipinski definition) is 0. The second kappa shape index (κ2) is 8.31. The summed E-state index contributed by atoms with van der Waals surface area (Å²) in [4.78, 5) is 0. The first-order chi connectivity index (χ1) is 7.00. The smallest absolute Gasteiger partial charge is 0.0130 e. The predicted molar refractivity (Wildman–Crippen MR) is 63.9 cm³/mol. The quantitative estimate of drug-likeness (QED) is 0.497. The van der Waals surface area contributed by atoms with Gasteiger partial charge in [-0.05, 0) is 25.7 Å². The highest BCUT2D eigenvalue weighted by atomic mass is 13.8. The van der Waals surface area contributed by atoms with Crippen molar-refractivity contribution in [3.8, 4) is 0 Å². The lowest BCUT2D eigenvalue weighted by molar-refractivity contribution is 1.04. The van der Waals surface area contributed by atoms with Crippen LogP contribution >= 0.6 is 0 Å². The summed E-state index contributed by atoms with van der Waals surface area (Å²) in [5, 5.41) is 0. The zero-order valence-corrected chi connectivity index (χ0v) is 8.47. The molecular formula is C14H17. The summed E-state index contributed by atoms with van der Waals surface area (Å²) in [5.74, 6) is 0. The molecular weight excluding hydrogens is 168 g/mol. The first-order valence-corrected chi connectivity index (χ1v) is 5.13. The van der Waals surface area contributed by atoms with Gasteiger partial charge in [-0.25, -0.2) is 0 Å². The summed E-state index contributed by atoms with van der Waals surface area (Å²) >= 11 is 0. The van der Waals surface area contributed by atoms with Crippen LogP contribution in [0.15, 0.2) is 60.8 Å². The zero-order valence-electron chi connectivity index (χ0n) is 8.47. The zero-order chi connectivity index (χ0) is 9.90. The van der Waals surface area contributed by atoms with E-state index in [9.17, 15) is 0 Å². The topological polar surface area (TPSA) is 0 Å². The van der Waals surface area contributed by atoms with E-state index in [2.05, 4.69) is 42.9 Å². The third-order valence-electron chi connectivity index (χ3n) is 1.88. The molecule has 1 aliphatic carbocycles. The maximum Gasteiger partial charge on any atom is -0.0130 e. The van der Waals surface area contributed by atoms with Crippen LogP contribution in [-0.4, -0.2) is 0 Å². The molecule has 0 N–H and O–H groups in total. The molecule has 0 aliphatic heterocycles. The van der Waals surface area contributed by atoms with E-state index >= 15 is 0 Å². The maximum absolute atomic E-state index is 2.24. The van der Waals surface area contributed by atoms with Gasteiger partial charge in [0.15, 0.2) is 0 Å². The highest BCUT2D eigenvalue weighted by molar-refractivity contribution is 5.17. The van der Waals surface area contributed by atoms with Crippen molar-refractivity contribution in [2.24, 2.45) is 0 Å². The fourth-order valence-electron chi connectivity index (χ4n) is 1.14. The molecule has 0 fully saturated rings. The standard InChI is InChI=1S/C14H17/c1-2-4-6-8-10-12-14-13-11-9-7-5-3-1/h1-9,12,14H,10-11,13H2/b2-1-,5-3+,6-4+,9-7+,14-12+. The van der Waals surface area contributed by atoms with Gasteiger partial charge in [-0.3, -0.25) is 0 Å². The summed E-state index contributed by atoms with van der Waals surface area (Å²) in [6.45, 7) is 0. The van der Waals surface area contributed by atoms with Crippen LogP contribution in [0.25, 0.3) is 0 Å². The Bertz CT molecular complexity index is 234. The van der Waals surface area contributed by atoms with E-state index in [0.717, 1.165) is 19.3 Å². The Morgan fingerprint density at radius 3 is 2.00 bits per heavy atom. The van der Waals surface area contributed by atoms with Crippen molar-refractivity contribution in [2.45, 2.75) is 19.3 Å². The average Bonchev–Trinajstić information content (AvgIpc) is 2.22. The van der Waals surface area contributed by atoms with E-state index in [1.165, 1.54) is 0 Å². The van der Waals surface area contributed by atoms with Crippen LogP contribution in [0.3, 0.4) is 0 Å². The van der Waals surface area contributed by atoms with Gasteiger partial charge in [-0.1, -0.05) is 60.8 Å². The first-order valence-electron chi connectivity index (χ1n) is 5.13. The molecule has 0 saturated carbocycles. The highest BCUT2D eigenvalue weighted by Crippen LogP contribution is 1.98. The Morgan fingerprint density at radius 1 is 0.500 bits per heavy atom. The minimum absolute atomic E-state index is 1.03. The largest absolute Gasteiger partial charge is 0.0882 e. The van der Waals surface area contributed by atoms with Gasteiger partial charge in [-0.2, -0.15) is 0 Å². The van der Waals surface area contributed by atoms with Crippen LogP contribution in [0.2, 0.25) is 0 Å². The minimum Gasteiger partial charge on any atom is -0.0882 e. The summed E-state index contributed by atoms with van der Waals surface area (Å²) in [7, 11) is 0. The minimum atomic E-state index is 1.03. The van der Waals surface area contributed by atoms with Gasteiger partial charge in [0, 0.05) is 0 Å². The molecule has 14 heavy (non-hydrogen) atoms. The normalized spacial score (nSPS) is 29.7. The number of rotatable bonds is 0. The van der Waals surface area contributed by atoms with Crippen molar-refractivity contribution in [1.82, 2.24) is 0 Å². The Balaban J connectivity index is 2.46. The molecule has 0 atom stereocenters. The molecule has 0 aromatic heterocycles. The van der Waals surface area contributed by atoms with E-state index < -0.39 is 0 Å². The monoisotopic (exact) mass is 185 g/mol. The molecule has 1 aliphatic rings. The molecule has 0 aromatic carbocycles. The van der Waals surface area contributed by atoms with Gasteiger partial charge in [0.1, 0.15) is 0 Å². The average molecular weight is 185 g/mol. The molecule has 73 valence electrons. The fourth-order valence-corrected chi connectivity index (χ4v) is 1.14. The van der Waals surface area contributed by atoms with Crippen molar-refractivity contribution in [3.63, 3.8) is 0 Å². The van der Waals surface area contributed by atoms with Crippen LogP contribution in [-0.2, 0) is 0 Å². The van der Waals surface area contributed by atoms with Crippen molar-refractivity contribution < 1.29 is 0 Å². The second-order valence-corrected chi connectivity index (χ2v) is 3.10. The number of hydrogen-bond acceptors (Lipinski definition) is 0. The van der Waals surface area contributed by atoms with Gasteiger partial charge in [0.05, 0.1) is 0 Å². The highest BCUT2D eigenvalue weighted by Gasteiger charge is 1.78. The molecule has 0 heterocycles. The van der Waals surface area contributed by atoms with E-state index in [-0.39, 0.29) is 0 Å². The van der Waals surface area contributed by atoms with Crippen molar-refractivity contribution in [1.29, 1.82) is 0 Å². The summed E-state index contributed by atoms with van der Waals surface area (Å²) in [5.41, 5.74) is 0. The van der Waals surface area contributed by atoms with Crippen molar-refractivity contribution in [2.75, 3.05) is 0 Å². The Labute approximate surface area is 87.0 Å². The van der Waals surface area contributed by atoms with Crippen LogP contribution in [0.1, 0.15) is 19.3 Å². The SMILES string of the molecule is [CH]1/C=C/C=C\C=C\C=C\CC/C=C/C1. The van der Waals surface area contributed by atoms with Gasteiger partial charge in [0.2, 0.25) is 0 Å². The van der Waals surface area contributed by atoms with Crippen LogP contribution in [0.5, 0.6) is 0 Å². The fraction of sp³-hybridized carbons (Fsp3) is 0.214. The molecule has 0 aromatic rings. The molecule has 0 amide bonds. The summed E-state index contributed by atoms with van der Waals surface area (Å²) in [6.07, 6.45) is 26.5. The van der Waals surface area contributed by atoms with Crippen LogP contribution in [0, 0.1) is 6.42 Å². The van der Waals surface area contributed by atoms with Crippen LogP contribution in [0.4, 0.5) is 0 Å². The Hall–Kier alpha value is -1.30. The first kappa shape index (κ1) is 10.8. The third kappa shape index (κ3) is 6.24. The Morgan fingerprint density at radius 2 is 1.14 bits per heavy atom. The predicted octanol–water partition coefficient (Wildman–Crippen LogP) is 4.16. The molecule has 0 saturated heterocycles. The van der Waals surface area contributed by atoms with Gasteiger partial charge in [-0.15, -0.1) is 0 Å². The van der Waals surface area contributed by atoms with Gasteiger partial charge >= 0.3 is 0 Å². The second-order valence-electron chi connectivity index (χ2n) is 3.10. The van der Waals surface area contributed by atoms with Gasteiger partial charge < -0.3 is 0 Å². The van der Waals surface area contributed by atoms with Gasteiger partial charge in [0.25, 0.3) is 0 Å². The van der Waals surface area contributed by atoms with Crippen molar-refractivity contribution >= 4 is 0 Å². The van der Waals surface area contributed by atoms with E-state index in [1.54, 1.807) is 0 Å². The molecule has 0 bridgehead atoms. The van der Waals surface area contributed by atoms with Crippen LogP contribution < -0.4 is 0 Å². The summed E-state index contributed by atoms with van der Waals surface area (Å²) < 4.78 is 0. The molecule has 0 unspecified atom stereocenters. The molecule has 0 heteroatoms. The Kier molecular flexibility index (Phi) is 6.39. The lowest BCUT2D eigenvalue weighted by Crippen LogP contribution is -1.68.